The quantitative estimate of drug-likeness (QED) is 0.536. The van der Waals surface area contributed by atoms with Gasteiger partial charge in [-0.05, 0) is 62.6 Å². The monoisotopic (exact) mass is 422 g/mol. The van der Waals surface area contributed by atoms with Gasteiger partial charge in [0.15, 0.2) is 11.5 Å². The van der Waals surface area contributed by atoms with E-state index in [-0.39, 0.29) is 11.7 Å². The number of barbiturate groups is 1. The predicted molar refractivity (Wildman–Crippen MR) is 118 cm³/mol. The molecule has 0 saturated carbocycles. The maximum absolute atomic E-state index is 13.2. The number of amides is 4. The Labute approximate surface area is 181 Å². The lowest BCUT2D eigenvalue weighted by Gasteiger charge is -2.28. The van der Waals surface area contributed by atoms with Gasteiger partial charge in [-0.25, -0.2) is 9.69 Å². The van der Waals surface area contributed by atoms with E-state index in [0.717, 1.165) is 10.5 Å². The second kappa shape index (κ2) is 9.47. The zero-order valence-corrected chi connectivity index (χ0v) is 18.1. The van der Waals surface area contributed by atoms with Crippen molar-refractivity contribution in [3.8, 4) is 11.5 Å². The Bertz CT molecular complexity index is 1040. The molecule has 0 spiro atoms. The lowest BCUT2D eigenvalue weighted by atomic mass is 10.0. The SMILES string of the molecule is CCOc1cc(/C=C2/C(=O)NC(=O)N(c3ccccc3CC)C2=O)ccc1OC(C)C. The second-order valence-electron chi connectivity index (χ2n) is 7.25. The molecule has 7 nitrogen and oxygen atoms in total. The van der Waals surface area contributed by atoms with Gasteiger partial charge in [-0.1, -0.05) is 31.2 Å². The largest absolute Gasteiger partial charge is 0.490 e. The fraction of sp³-hybridized carbons (Fsp3) is 0.292. The number of nitrogens with one attached hydrogen (secondary N) is 1. The number of carbonyl (C=O) groups is 3. The molecule has 2 aromatic rings. The van der Waals surface area contributed by atoms with E-state index in [1.165, 1.54) is 6.08 Å². The zero-order chi connectivity index (χ0) is 22.5. The van der Waals surface area contributed by atoms with Crippen molar-refractivity contribution in [2.75, 3.05) is 11.5 Å². The highest BCUT2D eigenvalue weighted by atomic mass is 16.5. The number of carbonyl (C=O) groups excluding carboxylic acids is 3. The molecule has 162 valence electrons. The van der Waals surface area contributed by atoms with Crippen LogP contribution in [0.5, 0.6) is 11.5 Å². The molecule has 1 heterocycles. The molecule has 2 aromatic carbocycles. The summed E-state index contributed by atoms with van der Waals surface area (Å²) in [5, 5.41) is 2.26. The van der Waals surface area contributed by atoms with Gasteiger partial charge in [0.1, 0.15) is 5.57 Å². The van der Waals surface area contributed by atoms with E-state index >= 15 is 0 Å². The minimum absolute atomic E-state index is 0.0349. The first-order valence-electron chi connectivity index (χ1n) is 10.3. The van der Waals surface area contributed by atoms with Crippen molar-refractivity contribution in [1.29, 1.82) is 0 Å². The van der Waals surface area contributed by atoms with Crippen LogP contribution in [0.2, 0.25) is 0 Å². The first kappa shape index (κ1) is 22.1. The van der Waals surface area contributed by atoms with E-state index in [4.69, 9.17) is 9.47 Å². The van der Waals surface area contributed by atoms with Crippen molar-refractivity contribution in [2.24, 2.45) is 0 Å². The number of ether oxygens (including phenoxy) is 2. The molecule has 1 saturated heterocycles. The van der Waals surface area contributed by atoms with Gasteiger partial charge >= 0.3 is 6.03 Å². The maximum Gasteiger partial charge on any atom is 0.335 e. The summed E-state index contributed by atoms with van der Waals surface area (Å²) in [6.45, 7) is 8.05. The Morgan fingerprint density at radius 3 is 2.45 bits per heavy atom. The summed E-state index contributed by atoms with van der Waals surface area (Å²) >= 11 is 0. The molecule has 0 aliphatic carbocycles. The first-order valence-corrected chi connectivity index (χ1v) is 10.3. The Balaban J connectivity index is 2.01. The molecule has 0 atom stereocenters. The molecule has 0 unspecified atom stereocenters. The Morgan fingerprint density at radius 2 is 1.77 bits per heavy atom. The molecule has 3 rings (SSSR count). The van der Waals surface area contributed by atoms with Crippen molar-refractivity contribution < 1.29 is 23.9 Å². The topological polar surface area (TPSA) is 84.9 Å². The molecule has 7 heteroatoms. The number of hydrogen-bond donors (Lipinski definition) is 1. The van der Waals surface area contributed by atoms with Crippen molar-refractivity contribution >= 4 is 29.6 Å². The van der Waals surface area contributed by atoms with E-state index in [2.05, 4.69) is 5.32 Å². The van der Waals surface area contributed by atoms with E-state index in [0.29, 0.717) is 35.8 Å². The van der Waals surface area contributed by atoms with Crippen molar-refractivity contribution in [3.05, 3.63) is 59.2 Å². The van der Waals surface area contributed by atoms with Crippen molar-refractivity contribution in [1.82, 2.24) is 5.32 Å². The third-order valence-corrected chi connectivity index (χ3v) is 4.66. The lowest BCUT2D eigenvalue weighted by molar-refractivity contribution is -0.122. The Hall–Kier alpha value is -3.61. The van der Waals surface area contributed by atoms with E-state index in [1.54, 1.807) is 30.3 Å². The normalized spacial score (nSPS) is 15.5. The molecular formula is C24H26N2O5. The van der Waals surface area contributed by atoms with Crippen LogP contribution < -0.4 is 19.7 Å². The molecule has 1 fully saturated rings. The molecule has 0 radical (unpaired) electrons. The summed E-state index contributed by atoms with van der Waals surface area (Å²) in [5.41, 5.74) is 1.73. The van der Waals surface area contributed by atoms with Crippen LogP contribution in [0.4, 0.5) is 10.5 Å². The first-order chi connectivity index (χ1) is 14.8. The standard InChI is InChI=1S/C24H26N2O5/c1-5-17-9-7-8-10-19(17)26-23(28)18(22(27)25-24(26)29)13-16-11-12-20(31-15(3)4)21(14-16)30-6-2/h7-15H,5-6H2,1-4H3,(H,25,27,29)/b18-13-. The summed E-state index contributed by atoms with van der Waals surface area (Å²) in [6.07, 6.45) is 2.05. The third kappa shape index (κ3) is 4.77. The van der Waals surface area contributed by atoms with Gasteiger partial charge in [0, 0.05) is 0 Å². The second-order valence-corrected chi connectivity index (χ2v) is 7.25. The maximum atomic E-state index is 13.2. The number of anilines is 1. The third-order valence-electron chi connectivity index (χ3n) is 4.66. The molecule has 1 aliphatic heterocycles. The molecule has 31 heavy (non-hydrogen) atoms. The molecule has 4 amide bonds. The van der Waals surface area contributed by atoms with Gasteiger partial charge in [-0.3, -0.25) is 14.9 Å². The lowest BCUT2D eigenvalue weighted by Crippen LogP contribution is -2.54. The summed E-state index contributed by atoms with van der Waals surface area (Å²) < 4.78 is 11.4. The molecular weight excluding hydrogens is 396 g/mol. The zero-order valence-electron chi connectivity index (χ0n) is 18.1. The van der Waals surface area contributed by atoms with Crippen LogP contribution in [0.25, 0.3) is 6.08 Å². The molecule has 0 bridgehead atoms. The van der Waals surface area contributed by atoms with Crippen molar-refractivity contribution in [3.63, 3.8) is 0 Å². The predicted octanol–water partition coefficient (Wildman–Crippen LogP) is 4.10. The van der Waals surface area contributed by atoms with Crippen LogP contribution in [-0.2, 0) is 16.0 Å². The number of hydrogen-bond acceptors (Lipinski definition) is 5. The van der Waals surface area contributed by atoms with Crippen molar-refractivity contribution in [2.45, 2.75) is 40.2 Å². The number of aryl methyl sites for hydroxylation is 1. The number of urea groups is 1. The minimum Gasteiger partial charge on any atom is -0.490 e. The highest BCUT2D eigenvalue weighted by molar-refractivity contribution is 6.39. The van der Waals surface area contributed by atoms with Gasteiger partial charge < -0.3 is 9.47 Å². The minimum atomic E-state index is -0.760. The fourth-order valence-electron chi connectivity index (χ4n) is 3.30. The van der Waals surface area contributed by atoms with E-state index in [1.807, 2.05) is 39.8 Å². The molecule has 0 aromatic heterocycles. The molecule has 1 N–H and O–H groups in total. The summed E-state index contributed by atoms with van der Waals surface area (Å²) in [5.74, 6) is -0.318. The Morgan fingerprint density at radius 1 is 1.03 bits per heavy atom. The van der Waals surface area contributed by atoms with Gasteiger partial charge in [-0.2, -0.15) is 0 Å². The van der Waals surface area contributed by atoms with Gasteiger partial charge in [0.25, 0.3) is 11.8 Å². The number of benzene rings is 2. The fourth-order valence-corrected chi connectivity index (χ4v) is 3.30. The number of rotatable bonds is 7. The van der Waals surface area contributed by atoms with Gasteiger partial charge in [-0.15, -0.1) is 0 Å². The van der Waals surface area contributed by atoms with Crippen LogP contribution >= 0.6 is 0 Å². The highest BCUT2D eigenvalue weighted by Gasteiger charge is 2.37. The number of para-hydroxylation sites is 1. The summed E-state index contributed by atoms with van der Waals surface area (Å²) in [4.78, 5) is 39.1. The van der Waals surface area contributed by atoms with Crippen LogP contribution in [0.3, 0.4) is 0 Å². The highest BCUT2D eigenvalue weighted by Crippen LogP contribution is 2.31. The number of nitrogens with zero attached hydrogens (tertiary/aromatic N) is 1. The van der Waals surface area contributed by atoms with Crippen LogP contribution in [0.15, 0.2) is 48.0 Å². The van der Waals surface area contributed by atoms with Crippen LogP contribution in [0.1, 0.15) is 38.8 Å². The van der Waals surface area contributed by atoms with Crippen LogP contribution in [0, 0.1) is 0 Å². The van der Waals surface area contributed by atoms with Crippen LogP contribution in [-0.4, -0.2) is 30.6 Å². The van der Waals surface area contributed by atoms with E-state index < -0.39 is 17.8 Å². The number of imide groups is 2. The summed E-state index contributed by atoms with van der Waals surface area (Å²) in [7, 11) is 0. The smallest absolute Gasteiger partial charge is 0.335 e. The van der Waals surface area contributed by atoms with Gasteiger partial charge in [0.05, 0.1) is 18.4 Å². The van der Waals surface area contributed by atoms with Gasteiger partial charge in [0.2, 0.25) is 0 Å². The van der Waals surface area contributed by atoms with E-state index in [9.17, 15) is 14.4 Å². The average molecular weight is 422 g/mol. The molecule has 1 aliphatic rings. The summed E-state index contributed by atoms with van der Waals surface area (Å²) in [6, 6.07) is 11.5. The Kier molecular flexibility index (Phi) is 6.74. The average Bonchev–Trinajstić information content (AvgIpc) is 2.73.